The summed E-state index contributed by atoms with van der Waals surface area (Å²) >= 11 is 6.41. The second-order valence-corrected chi connectivity index (χ2v) is 9.57. The summed E-state index contributed by atoms with van der Waals surface area (Å²) in [6.45, 7) is 7.19. The highest BCUT2D eigenvalue weighted by molar-refractivity contribution is 6.35. The van der Waals surface area contributed by atoms with Gasteiger partial charge >= 0.3 is 6.09 Å². The number of hydrogen-bond donors (Lipinski definition) is 1. The molecule has 0 fully saturated rings. The van der Waals surface area contributed by atoms with Crippen LogP contribution in [0.3, 0.4) is 0 Å². The van der Waals surface area contributed by atoms with Gasteiger partial charge in [0.15, 0.2) is 0 Å². The summed E-state index contributed by atoms with van der Waals surface area (Å²) < 4.78 is 1.48. The maximum atomic E-state index is 13.8. The van der Waals surface area contributed by atoms with Crippen molar-refractivity contribution in [1.29, 1.82) is 0 Å². The molecule has 0 saturated carbocycles. The van der Waals surface area contributed by atoms with Gasteiger partial charge in [-0.2, -0.15) is 0 Å². The Hall–Kier alpha value is -3.64. The molecule has 0 saturated heterocycles. The van der Waals surface area contributed by atoms with Gasteiger partial charge in [-0.25, -0.2) is 9.78 Å². The molecule has 6 nitrogen and oxygen atoms in total. The van der Waals surface area contributed by atoms with Crippen LogP contribution < -0.4 is 5.56 Å². The van der Waals surface area contributed by atoms with E-state index in [0.717, 1.165) is 11.1 Å². The molecule has 1 amide bonds. The smallest absolute Gasteiger partial charge is 0.408 e. The van der Waals surface area contributed by atoms with Crippen molar-refractivity contribution < 1.29 is 9.90 Å². The molecule has 7 heteroatoms. The molecule has 1 N–H and O–H groups in total. The fourth-order valence-corrected chi connectivity index (χ4v) is 4.59. The fraction of sp³-hybridized carbons (Fsp3) is 0.222. The van der Waals surface area contributed by atoms with Crippen molar-refractivity contribution in [2.24, 2.45) is 0 Å². The molecular weight excluding hydrogens is 450 g/mol. The number of aromatic nitrogens is 2. The molecule has 0 spiro atoms. The van der Waals surface area contributed by atoms with Crippen molar-refractivity contribution in [3.05, 3.63) is 94.0 Å². The molecule has 1 unspecified atom stereocenters. The van der Waals surface area contributed by atoms with Gasteiger partial charge in [0, 0.05) is 5.54 Å². The Bertz CT molecular complexity index is 1430. The number of carboxylic acid groups (broad SMARTS) is 1. The lowest BCUT2D eigenvalue weighted by atomic mass is 10.0. The number of halogens is 1. The van der Waals surface area contributed by atoms with E-state index in [1.807, 2.05) is 75.4 Å². The highest BCUT2D eigenvalue weighted by Gasteiger charge is 2.34. The van der Waals surface area contributed by atoms with Crippen LogP contribution in [0.25, 0.3) is 27.7 Å². The van der Waals surface area contributed by atoms with E-state index >= 15 is 0 Å². The molecule has 0 aliphatic heterocycles. The van der Waals surface area contributed by atoms with E-state index in [0.29, 0.717) is 27.4 Å². The Labute approximate surface area is 203 Å². The molecule has 0 bridgehead atoms. The average Bonchev–Trinajstić information content (AvgIpc) is 2.78. The zero-order valence-electron chi connectivity index (χ0n) is 19.5. The first kappa shape index (κ1) is 23.5. The lowest BCUT2D eigenvalue weighted by molar-refractivity contribution is 0.0719. The van der Waals surface area contributed by atoms with Crippen LogP contribution in [0.2, 0.25) is 5.02 Å². The molecule has 4 aromatic rings. The summed E-state index contributed by atoms with van der Waals surface area (Å²) in [7, 11) is 0. The predicted molar refractivity (Wildman–Crippen MR) is 136 cm³/mol. The molecule has 0 radical (unpaired) electrons. The number of rotatable bonds is 4. The number of hydrogen-bond acceptors (Lipinski definition) is 3. The van der Waals surface area contributed by atoms with Crippen LogP contribution >= 0.6 is 11.6 Å². The van der Waals surface area contributed by atoms with Crippen molar-refractivity contribution in [3.63, 3.8) is 0 Å². The van der Waals surface area contributed by atoms with Gasteiger partial charge in [0.2, 0.25) is 0 Å². The minimum Gasteiger partial charge on any atom is -0.465 e. The molecule has 1 atom stereocenters. The number of benzene rings is 3. The molecule has 0 aliphatic rings. The van der Waals surface area contributed by atoms with E-state index < -0.39 is 17.7 Å². The monoisotopic (exact) mass is 475 g/mol. The van der Waals surface area contributed by atoms with Crippen molar-refractivity contribution in [2.45, 2.75) is 39.3 Å². The lowest BCUT2D eigenvalue weighted by Gasteiger charge is -2.38. The molecule has 1 heterocycles. The van der Waals surface area contributed by atoms with E-state index in [9.17, 15) is 14.7 Å². The van der Waals surface area contributed by atoms with E-state index in [1.165, 1.54) is 9.47 Å². The summed E-state index contributed by atoms with van der Waals surface area (Å²) in [6, 6.07) is 21.8. The third kappa shape index (κ3) is 4.29. The Kier molecular flexibility index (Phi) is 6.19. The van der Waals surface area contributed by atoms with E-state index in [2.05, 4.69) is 0 Å². The van der Waals surface area contributed by atoms with Crippen molar-refractivity contribution in [1.82, 2.24) is 14.5 Å². The van der Waals surface area contributed by atoms with Crippen molar-refractivity contribution in [3.8, 4) is 16.8 Å². The van der Waals surface area contributed by atoms with Gasteiger partial charge in [-0.15, -0.1) is 0 Å². The fourth-order valence-electron chi connectivity index (χ4n) is 4.34. The molecule has 174 valence electrons. The van der Waals surface area contributed by atoms with Crippen molar-refractivity contribution in [2.75, 3.05) is 0 Å². The Morgan fingerprint density at radius 1 is 1.00 bits per heavy atom. The van der Waals surface area contributed by atoms with Gasteiger partial charge in [0.1, 0.15) is 5.82 Å². The number of carbonyl (C=O) groups is 1. The second-order valence-electron chi connectivity index (χ2n) is 9.16. The van der Waals surface area contributed by atoms with Crippen LogP contribution in [0.15, 0.2) is 77.6 Å². The maximum Gasteiger partial charge on any atom is 0.408 e. The molecule has 1 aromatic heterocycles. The molecule has 4 rings (SSSR count). The van der Waals surface area contributed by atoms with E-state index in [1.54, 1.807) is 25.1 Å². The van der Waals surface area contributed by atoms with Crippen LogP contribution in [0.4, 0.5) is 4.79 Å². The molecule has 34 heavy (non-hydrogen) atoms. The first-order valence-corrected chi connectivity index (χ1v) is 11.4. The highest BCUT2D eigenvalue weighted by atomic mass is 35.5. The average molecular weight is 476 g/mol. The van der Waals surface area contributed by atoms with Crippen LogP contribution in [-0.4, -0.2) is 31.2 Å². The van der Waals surface area contributed by atoms with Gasteiger partial charge in [-0.3, -0.25) is 14.3 Å². The Balaban J connectivity index is 2.03. The molecule has 0 aliphatic carbocycles. The number of fused-ring (bicyclic) bond motifs is 1. The topological polar surface area (TPSA) is 75.4 Å². The van der Waals surface area contributed by atoms with Crippen LogP contribution in [0.1, 0.15) is 39.6 Å². The third-order valence-electron chi connectivity index (χ3n) is 5.77. The lowest BCUT2D eigenvalue weighted by Crippen LogP contribution is -2.47. The summed E-state index contributed by atoms with van der Waals surface area (Å²) in [5.74, 6) is 0.322. The third-order valence-corrected chi connectivity index (χ3v) is 6.09. The van der Waals surface area contributed by atoms with E-state index in [4.69, 9.17) is 16.6 Å². The molecule has 3 aromatic carbocycles. The van der Waals surface area contributed by atoms with Gasteiger partial charge in [-0.1, -0.05) is 60.1 Å². The predicted octanol–water partition coefficient (Wildman–Crippen LogP) is 6.55. The summed E-state index contributed by atoms with van der Waals surface area (Å²) in [6.07, 6.45) is -1.09. The quantitative estimate of drug-likeness (QED) is 0.363. The highest BCUT2D eigenvalue weighted by Crippen LogP contribution is 2.31. The Morgan fingerprint density at radius 3 is 2.29 bits per heavy atom. The summed E-state index contributed by atoms with van der Waals surface area (Å²) in [5, 5.41) is 10.6. The van der Waals surface area contributed by atoms with Crippen LogP contribution in [0, 0.1) is 0 Å². The van der Waals surface area contributed by atoms with Gasteiger partial charge < -0.3 is 5.11 Å². The summed E-state index contributed by atoms with van der Waals surface area (Å²) in [4.78, 5) is 32.2. The maximum absolute atomic E-state index is 13.8. The largest absolute Gasteiger partial charge is 0.465 e. The second kappa shape index (κ2) is 8.95. The summed E-state index contributed by atoms with van der Waals surface area (Å²) in [5.41, 5.74) is 1.87. The number of nitrogens with zero attached hydrogens (tertiary/aromatic N) is 3. The van der Waals surface area contributed by atoms with Gasteiger partial charge in [-0.05, 0) is 63.1 Å². The van der Waals surface area contributed by atoms with Gasteiger partial charge in [0.25, 0.3) is 5.56 Å². The minimum atomic E-state index is -1.09. The SMILES string of the molecule is CC(c1nc2cccc(Cl)c2c(=O)n1-c1cccc(-c2ccccc2)c1)N(C(=O)O)C(C)(C)C. The molecular formula is C27H26ClN3O3. The Morgan fingerprint density at radius 2 is 1.65 bits per heavy atom. The van der Waals surface area contributed by atoms with Crippen molar-refractivity contribution >= 4 is 28.6 Å². The number of amides is 1. The first-order valence-electron chi connectivity index (χ1n) is 11.0. The zero-order chi connectivity index (χ0) is 24.6. The van der Waals surface area contributed by atoms with Crippen LogP contribution in [0.5, 0.6) is 0 Å². The standard InChI is InChI=1S/C27H26ClN3O3/c1-17(31(26(33)34)27(2,3)4)24-29-22-15-9-14-21(28)23(22)25(32)30(24)20-13-8-12-19(16-20)18-10-6-5-7-11-18/h5-17H,1-4H3,(H,33,34). The minimum absolute atomic E-state index is 0.294. The van der Waals surface area contributed by atoms with Gasteiger partial charge in [0.05, 0.1) is 27.7 Å². The zero-order valence-corrected chi connectivity index (χ0v) is 20.2. The normalized spacial score (nSPS) is 12.5. The van der Waals surface area contributed by atoms with E-state index in [-0.39, 0.29) is 5.56 Å². The first-order chi connectivity index (χ1) is 16.1. The van der Waals surface area contributed by atoms with Crippen LogP contribution in [-0.2, 0) is 0 Å².